The van der Waals surface area contributed by atoms with Crippen molar-refractivity contribution in [1.82, 2.24) is 46.1 Å². The molecule has 4 aromatic heterocycles. The Morgan fingerprint density at radius 3 is 1.12 bits per heavy atom. The van der Waals surface area contributed by atoms with E-state index >= 15 is 0 Å². The maximum absolute atomic E-state index is 12.0. The van der Waals surface area contributed by atoms with E-state index < -0.39 is 14.0 Å². The molecule has 0 aliphatic carbocycles. The van der Waals surface area contributed by atoms with Crippen molar-refractivity contribution in [3.05, 3.63) is 97.5 Å². The van der Waals surface area contributed by atoms with Crippen molar-refractivity contribution in [2.75, 3.05) is 126 Å². The number of pyridine rings is 4. The summed E-state index contributed by atoms with van der Waals surface area (Å²) in [7, 11) is 28.1. The first kappa shape index (κ1) is 73.9. The molecule has 0 unspecified atom stereocenters. The zero-order chi connectivity index (χ0) is 60.9. The standard InChI is InChI=1S/C16H23N3Si.C14H17N3.C11H14IN3.C6H12N2.C5H3FIN.S18/c1-20(2,3)7-6-13-4-5-16(18-8-13)19-11-14-9-17-10-15(14)12-19;1-3-11-4-5-14(15-6-11)17-9-12-7-16(2)8-13(12)10-17;12-10-1-2-11(14-5-10)15-6-8-3-13-4-9(8)7-15;1-5-2-8-4-6(5)3-7-1;6-5-2-1-4(7)3-8-5;1-3-5-7-9-11-13-15-17-18-16-14-12-10-8-6-4-2/h4-5,8,14-15,17H,9-12H2,1-3H3;1,4-6,12-13H,7-10H2,2H3;1-2,5,8-9,13H,3-4,6-7H2;5-8H,1-4H2;1-3H;/t14-,15+;12-,13+;8-,9+;;;. The Kier molecular flexibility index (Phi) is 35.5. The minimum Gasteiger partial charge on any atom is -0.356 e. The molecule has 86 heavy (non-hydrogen) atoms. The maximum atomic E-state index is 12.0. The van der Waals surface area contributed by atoms with Crippen LogP contribution in [-0.2, 0) is 164 Å². The first-order valence-electron chi connectivity index (χ1n) is 27.3. The van der Waals surface area contributed by atoms with Crippen LogP contribution in [0.5, 0.6) is 0 Å². The van der Waals surface area contributed by atoms with Gasteiger partial charge in [-0.1, -0.05) is 31.5 Å². The lowest BCUT2D eigenvalue weighted by Gasteiger charge is -2.20. The first-order chi connectivity index (χ1) is 41.8. The normalized spacial score (nSPS) is 23.2. The van der Waals surface area contributed by atoms with Gasteiger partial charge in [-0.15, -0.1) is 12.0 Å². The summed E-state index contributed by atoms with van der Waals surface area (Å²) in [5.41, 5.74) is 5.28. The van der Waals surface area contributed by atoms with Crippen molar-refractivity contribution >= 4 is 235 Å². The molecular formula is C52H69FI2N12S18Si. The quantitative estimate of drug-likeness (QED) is 0.0888. The predicted octanol–water partition coefficient (Wildman–Crippen LogP) is 5.58. The summed E-state index contributed by atoms with van der Waals surface area (Å²) >= 11 is 13.9. The third-order valence-corrected chi connectivity index (χ3v) is 50.3. The Labute approximate surface area is 591 Å². The minimum atomic E-state index is -1.30. The highest BCUT2D eigenvalue weighted by Gasteiger charge is 2.40. The molecule has 8 aliphatic heterocycles. The highest BCUT2D eigenvalue weighted by Crippen LogP contribution is 2.33. The average Bonchev–Trinajstić information content (AvgIpc) is 2.70. The fourth-order valence-corrected chi connectivity index (χ4v) is 50.4. The molecule has 6 atom stereocenters. The maximum Gasteiger partial charge on any atom is 0.212 e. The third-order valence-electron chi connectivity index (χ3n) is 14.8. The second-order valence-electron chi connectivity index (χ2n) is 21.8. The van der Waals surface area contributed by atoms with Gasteiger partial charge in [-0.25, -0.2) is 19.9 Å². The molecule has 8 aliphatic rings. The minimum absolute atomic E-state index is 0.426. The molecule has 0 amide bonds. The number of rotatable bonds is 3. The third kappa shape index (κ3) is 27.1. The van der Waals surface area contributed by atoms with Crippen LogP contribution in [-0.4, -0.2) is 145 Å². The number of halogens is 3. The van der Waals surface area contributed by atoms with Crippen molar-refractivity contribution in [3.63, 3.8) is 0 Å². The van der Waals surface area contributed by atoms with E-state index in [0.29, 0.717) is 0 Å². The van der Waals surface area contributed by atoms with E-state index in [4.69, 9.17) is 28.8 Å². The number of hydrogen-bond donors (Lipinski definition) is 4. The molecule has 34 heteroatoms. The largest absolute Gasteiger partial charge is 0.356 e. The van der Waals surface area contributed by atoms with E-state index in [1.54, 1.807) is 137 Å². The number of fused-ring (bicyclic) bond motifs is 4. The number of nitrogens with one attached hydrogen (secondary N) is 4. The molecule has 4 aromatic rings. The molecule has 12 heterocycles. The van der Waals surface area contributed by atoms with E-state index in [1.807, 2.05) is 24.5 Å². The van der Waals surface area contributed by atoms with Gasteiger partial charge >= 0.3 is 0 Å². The van der Waals surface area contributed by atoms with Gasteiger partial charge in [-0.05, 0) is 174 Å². The molecule has 12 nitrogen and oxygen atoms in total. The van der Waals surface area contributed by atoms with Crippen molar-refractivity contribution < 1.29 is 4.39 Å². The molecule has 8 fully saturated rings. The van der Waals surface area contributed by atoms with Crippen LogP contribution < -0.4 is 36.0 Å². The van der Waals surface area contributed by atoms with Gasteiger partial charge in [0.2, 0.25) is 5.95 Å². The van der Waals surface area contributed by atoms with Crippen LogP contribution in [0.4, 0.5) is 21.8 Å². The number of anilines is 3. The number of nitrogens with zero attached hydrogens (tertiary/aromatic N) is 8. The highest BCUT2D eigenvalue weighted by atomic mass is 127. The van der Waals surface area contributed by atoms with Crippen LogP contribution in [0.15, 0.2) is 73.3 Å². The van der Waals surface area contributed by atoms with E-state index in [2.05, 4.69) is 174 Å². The van der Waals surface area contributed by atoms with Crippen LogP contribution in [0.25, 0.3) is 0 Å². The van der Waals surface area contributed by atoms with Crippen LogP contribution >= 0.6 is 45.2 Å². The topological polar surface area (TPSA) is 113 Å². The second-order valence-corrected chi connectivity index (χ2v) is 57.4. The van der Waals surface area contributed by atoms with E-state index in [1.165, 1.54) is 112 Å². The first-order valence-corrected chi connectivity index (χ1v) is 55.6. The van der Waals surface area contributed by atoms with E-state index in [-0.39, 0.29) is 0 Å². The average molecular weight is 1740 g/mol. The summed E-state index contributed by atoms with van der Waals surface area (Å²) in [4.78, 5) is 26.6. The molecule has 0 radical (unpaired) electrons. The molecule has 0 aromatic carbocycles. The van der Waals surface area contributed by atoms with Crippen LogP contribution in [0.2, 0.25) is 19.6 Å². The highest BCUT2D eigenvalue weighted by molar-refractivity contribution is 14.1. The van der Waals surface area contributed by atoms with E-state index in [0.717, 1.165) is 106 Å². The number of terminal acetylenes is 1. The van der Waals surface area contributed by atoms with Crippen LogP contribution in [0.1, 0.15) is 11.1 Å². The van der Waals surface area contributed by atoms with E-state index in [9.17, 15) is 4.39 Å². The fraction of sp³-hybridized carbons (Fsp3) is 0.538. The van der Waals surface area contributed by atoms with Gasteiger partial charge in [-0.3, -0.25) is 0 Å². The van der Waals surface area contributed by atoms with Gasteiger partial charge < -0.3 is 40.9 Å². The van der Waals surface area contributed by atoms with Gasteiger partial charge in [0.05, 0.1) is 0 Å². The summed E-state index contributed by atoms with van der Waals surface area (Å²) in [6, 6.07) is 15.5. The van der Waals surface area contributed by atoms with Crippen molar-refractivity contribution in [2.24, 2.45) is 47.3 Å². The molecule has 0 spiro atoms. The molecule has 4 N–H and O–H groups in total. The lowest BCUT2D eigenvalue weighted by atomic mass is 10.0. The molecule has 12 rings (SSSR count). The second kappa shape index (κ2) is 41.3. The van der Waals surface area contributed by atoms with Crippen molar-refractivity contribution in [2.45, 2.75) is 19.6 Å². The summed E-state index contributed by atoms with van der Waals surface area (Å²) in [6.45, 7) is 25.8. The Bertz CT molecular complexity index is 3570. The smallest absolute Gasteiger partial charge is 0.212 e. The van der Waals surface area contributed by atoms with Crippen LogP contribution in [0.3, 0.4) is 0 Å². The van der Waals surface area contributed by atoms with Gasteiger partial charge in [0, 0.05) is 286 Å². The number of hydrogen-bond acceptors (Lipinski definition) is 14. The monoisotopic (exact) mass is 1740 g/mol. The SMILES string of the molecule is C#Cc1ccc(N2C[C@H]3CN(C)C[C@H]3C2)nc1.C1NCC2CNCC12.C[Si](C)(C)C#Cc1ccc(N2C[C@H]3CNC[C@H]3C2)nc1.Fc1ccc(I)cn1.Ic1ccc(N2C[C@H]3CNC[C@H]3C2)nc1.S=S=S=S=S=S=S=S=S=S=S=S=S=S=S=S=S=S. The number of aromatic nitrogens is 4. The number of likely N-dealkylation sites (tertiary alicyclic amines) is 1. The Morgan fingerprint density at radius 1 is 0.465 bits per heavy atom. The molecule has 470 valence electrons. The lowest BCUT2D eigenvalue weighted by molar-refractivity contribution is 0.387. The molecule has 0 bridgehead atoms. The van der Waals surface area contributed by atoms with Crippen LogP contribution in [0, 0.1) is 84.2 Å². The zero-order valence-electron chi connectivity index (χ0n) is 47.5. The Hall–Kier alpha value is 0.487. The lowest BCUT2D eigenvalue weighted by Crippen LogP contribution is -2.27. The fourth-order valence-electron chi connectivity index (χ4n) is 10.9. The summed E-state index contributed by atoms with van der Waals surface area (Å²) in [6.07, 6.45) is 12.5. The Morgan fingerprint density at radius 2 is 0.802 bits per heavy atom. The predicted molar refractivity (Wildman–Crippen MR) is 427 cm³/mol. The molecule has 0 saturated carbocycles. The summed E-state index contributed by atoms with van der Waals surface area (Å²) in [5, 5.41) is 13.7. The van der Waals surface area contributed by atoms with Gasteiger partial charge in [0.1, 0.15) is 25.5 Å². The molecule has 8 saturated heterocycles. The Balaban J connectivity index is 0.000000151. The van der Waals surface area contributed by atoms with Gasteiger partial charge in [0.15, 0.2) is 0 Å². The van der Waals surface area contributed by atoms with Crippen molar-refractivity contribution in [1.29, 1.82) is 0 Å². The summed E-state index contributed by atoms with van der Waals surface area (Å²) < 4.78 is 14.1. The van der Waals surface area contributed by atoms with Crippen molar-refractivity contribution in [3.8, 4) is 23.8 Å². The summed E-state index contributed by atoms with van der Waals surface area (Å²) in [5.74, 6) is 15.6. The molecular weight excluding hydrogens is 1670 g/mol. The van der Waals surface area contributed by atoms with Gasteiger partial charge in [0.25, 0.3) is 0 Å². The van der Waals surface area contributed by atoms with Gasteiger partial charge in [-0.2, -0.15) is 4.39 Å². The zero-order valence-corrected chi connectivity index (χ0v) is 67.5.